The van der Waals surface area contributed by atoms with Gasteiger partial charge in [0.05, 0.1) is 5.56 Å². The first-order valence-electron chi connectivity index (χ1n) is 6.43. The average Bonchev–Trinajstić information content (AvgIpc) is 2.80. The lowest BCUT2D eigenvalue weighted by atomic mass is 10.0. The van der Waals surface area contributed by atoms with Crippen LogP contribution in [-0.2, 0) is 19.1 Å². The van der Waals surface area contributed by atoms with E-state index in [4.69, 9.17) is 5.73 Å². The molecule has 21 heavy (non-hydrogen) atoms. The monoisotopic (exact) mass is 317 g/mol. The van der Waals surface area contributed by atoms with Gasteiger partial charge in [0.25, 0.3) is 0 Å². The maximum absolute atomic E-state index is 13.1. The number of halogens is 4. The molecule has 3 rings (SSSR count). The summed E-state index contributed by atoms with van der Waals surface area (Å²) in [7, 11) is 0. The first-order valence-corrected chi connectivity index (χ1v) is 6.43. The van der Waals surface area contributed by atoms with Gasteiger partial charge in [-0.25, -0.2) is 4.98 Å². The summed E-state index contributed by atoms with van der Waals surface area (Å²) in [5.74, 6) is 0.375. The van der Waals surface area contributed by atoms with Crippen molar-refractivity contribution in [1.82, 2.24) is 9.55 Å². The number of fused-ring (bicyclic) bond motifs is 1. The molecule has 1 aromatic carbocycles. The second-order valence-corrected chi connectivity index (χ2v) is 5.02. The molecule has 0 bridgehead atoms. The van der Waals surface area contributed by atoms with E-state index in [9.17, 15) is 13.2 Å². The van der Waals surface area contributed by atoms with Gasteiger partial charge in [-0.3, -0.25) is 0 Å². The molecule has 2 aromatic rings. The molecule has 0 spiro atoms. The van der Waals surface area contributed by atoms with Gasteiger partial charge >= 0.3 is 6.18 Å². The molecule has 0 saturated heterocycles. The number of rotatable bonds is 1. The number of benzene rings is 1. The van der Waals surface area contributed by atoms with Crippen molar-refractivity contribution in [2.24, 2.45) is 5.73 Å². The van der Waals surface area contributed by atoms with Crippen molar-refractivity contribution in [3.8, 4) is 11.4 Å². The summed E-state index contributed by atoms with van der Waals surface area (Å²) in [5, 5.41) is 0. The van der Waals surface area contributed by atoms with Crippen LogP contribution in [0.5, 0.6) is 0 Å². The number of nitrogens with two attached hydrogens (primary N) is 1. The maximum atomic E-state index is 13.1. The zero-order chi connectivity index (χ0) is 14.3. The molecule has 3 nitrogen and oxygen atoms in total. The summed E-state index contributed by atoms with van der Waals surface area (Å²) < 4.78 is 41.1. The van der Waals surface area contributed by atoms with E-state index in [1.54, 1.807) is 12.3 Å². The van der Waals surface area contributed by atoms with Gasteiger partial charge in [-0.15, -0.1) is 12.4 Å². The zero-order valence-electron chi connectivity index (χ0n) is 11.1. The fraction of sp³-hybridized carbons (Fsp3) is 0.357. The first-order chi connectivity index (χ1) is 9.47. The third kappa shape index (κ3) is 2.91. The van der Waals surface area contributed by atoms with E-state index < -0.39 is 11.7 Å². The Bertz CT molecular complexity index is 637. The molecule has 1 unspecified atom stereocenters. The lowest BCUT2D eigenvalue weighted by Crippen LogP contribution is -2.30. The molecule has 0 radical (unpaired) electrons. The zero-order valence-corrected chi connectivity index (χ0v) is 11.9. The van der Waals surface area contributed by atoms with Crippen LogP contribution >= 0.6 is 12.4 Å². The highest BCUT2D eigenvalue weighted by molar-refractivity contribution is 5.85. The highest BCUT2D eigenvalue weighted by Gasteiger charge is 2.34. The van der Waals surface area contributed by atoms with E-state index in [-0.39, 0.29) is 24.0 Å². The fourth-order valence-electron chi connectivity index (χ4n) is 2.63. The number of hydrogen-bond acceptors (Lipinski definition) is 2. The molecule has 0 amide bonds. The Morgan fingerprint density at radius 3 is 2.67 bits per heavy atom. The molecule has 1 aliphatic heterocycles. The van der Waals surface area contributed by atoms with Gasteiger partial charge in [0, 0.05) is 36.5 Å². The van der Waals surface area contributed by atoms with Crippen molar-refractivity contribution >= 4 is 12.4 Å². The van der Waals surface area contributed by atoms with Gasteiger partial charge in [0.1, 0.15) is 5.82 Å². The lowest BCUT2D eigenvalue weighted by Gasteiger charge is -2.22. The summed E-state index contributed by atoms with van der Waals surface area (Å²) in [6.07, 6.45) is -1.35. The van der Waals surface area contributed by atoms with Crippen LogP contribution in [0.2, 0.25) is 0 Å². The predicted molar refractivity (Wildman–Crippen MR) is 76.2 cm³/mol. The minimum atomic E-state index is -4.38. The van der Waals surface area contributed by atoms with Crippen LogP contribution in [0.1, 0.15) is 17.7 Å². The SMILES string of the molecule is Cl.NC1CCn2c(cnc2-c2ccccc2C(F)(F)F)C1. The molecule has 0 fully saturated rings. The van der Waals surface area contributed by atoms with Gasteiger partial charge in [0.2, 0.25) is 0 Å². The second-order valence-electron chi connectivity index (χ2n) is 5.02. The maximum Gasteiger partial charge on any atom is 0.417 e. The van der Waals surface area contributed by atoms with E-state index in [1.165, 1.54) is 12.1 Å². The van der Waals surface area contributed by atoms with Crippen LogP contribution in [0.4, 0.5) is 13.2 Å². The van der Waals surface area contributed by atoms with Crippen LogP contribution < -0.4 is 5.73 Å². The Kier molecular flexibility index (Phi) is 4.30. The fourth-order valence-corrected chi connectivity index (χ4v) is 2.63. The number of hydrogen-bond donors (Lipinski definition) is 1. The Balaban J connectivity index is 0.00000161. The molecule has 1 aliphatic rings. The Hall–Kier alpha value is -1.53. The molecule has 7 heteroatoms. The predicted octanol–water partition coefficient (Wildman–Crippen LogP) is 3.26. The molecular formula is C14H15ClF3N3. The van der Waals surface area contributed by atoms with Crippen molar-refractivity contribution in [3.05, 3.63) is 41.7 Å². The van der Waals surface area contributed by atoms with Gasteiger partial charge in [-0.05, 0) is 12.5 Å². The minimum Gasteiger partial charge on any atom is -0.328 e. The number of aromatic nitrogens is 2. The summed E-state index contributed by atoms with van der Waals surface area (Å²) in [6, 6.07) is 5.60. The van der Waals surface area contributed by atoms with E-state index in [2.05, 4.69) is 4.98 Å². The highest BCUT2D eigenvalue weighted by Crippen LogP contribution is 2.37. The van der Waals surface area contributed by atoms with Gasteiger partial charge in [0.15, 0.2) is 0 Å². The molecule has 2 N–H and O–H groups in total. The van der Waals surface area contributed by atoms with Crippen LogP contribution in [0.25, 0.3) is 11.4 Å². The molecule has 1 aromatic heterocycles. The number of imidazole rings is 1. The van der Waals surface area contributed by atoms with Crippen LogP contribution in [-0.4, -0.2) is 15.6 Å². The van der Waals surface area contributed by atoms with Crippen molar-refractivity contribution in [2.45, 2.75) is 31.6 Å². The van der Waals surface area contributed by atoms with Gasteiger partial charge in [-0.1, -0.05) is 18.2 Å². The molecule has 2 heterocycles. The number of nitrogens with zero attached hydrogens (tertiary/aromatic N) is 2. The smallest absolute Gasteiger partial charge is 0.328 e. The molecule has 0 saturated carbocycles. The van der Waals surface area contributed by atoms with Crippen LogP contribution in [0, 0.1) is 0 Å². The van der Waals surface area contributed by atoms with Crippen molar-refractivity contribution < 1.29 is 13.2 Å². The van der Waals surface area contributed by atoms with Crippen molar-refractivity contribution in [2.75, 3.05) is 0 Å². The summed E-state index contributed by atoms with van der Waals surface area (Å²) in [6.45, 7) is 0.609. The van der Waals surface area contributed by atoms with E-state index >= 15 is 0 Å². The quantitative estimate of drug-likeness (QED) is 0.877. The van der Waals surface area contributed by atoms with Crippen molar-refractivity contribution in [3.63, 3.8) is 0 Å². The summed E-state index contributed by atoms with van der Waals surface area (Å²) >= 11 is 0. The van der Waals surface area contributed by atoms with Gasteiger partial charge < -0.3 is 10.3 Å². The number of alkyl halides is 3. The van der Waals surface area contributed by atoms with E-state index in [0.29, 0.717) is 18.8 Å². The summed E-state index contributed by atoms with van der Waals surface area (Å²) in [4.78, 5) is 4.18. The standard InChI is InChI=1S/C14H14F3N3.ClH/c15-14(16,17)12-4-2-1-3-11(12)13-19-8-10-7-9(18)5-6-20(10)13;/h1-4,8-9H,5-7,18H2;1H. The normalized spacial score (nSPS) is 18.0. The van der Waals surface area contributed by atoms with E-state index in [1.807, 2.05) is 4.57 Å². The molecule has 0 aliphatic carbocycles. The Labute approximate surface area is 126 Å². The Morgan fingerprint density at radius 2 is 1.95 bits per heavy atom. The highest BCUT2D eigenvalue weighted by atomic mass is 35.5. The van der Waals surface area contributed by atoms with E-state index in [0.717, 1.165) is 18.2 Å². The largest absolute Gasteiger partial charge is 0.417 e. The minimum absolute atomic E-state index is 0. The first kappa shape index (κ1) is 15.9. The Morgan fingerprint density at radius 1 is 1.24 bits per heavy atom. The summed E-state index contributed by atoms with van der Waals surface area (Å²) in [5.41, 5.74) is 6.25. The van der Waals surface area contributed by atoms with Crippen LogP contribution in [0.15, 0.2) is 30.5 Å². The third-order valence-electron chi connectivity index (χ3n) is 3.61. The average molecular weight is 318 g/mol. The lowest BCUT2D eigenvalue weighted by molar-refractivity contribution is -0.137. The van der Waals surface area contributed by atoms with Gasteiger partial charge in [-0.2, -0.15) is 13.2 Å². The molecule has 1 atom stereocenters. The third-order valence-corrected chi connectivity index (χ3v) is 3.61. The topological polar surface area (TPSA) is 43.8 Å². The molecule has 114 valence electrons. The second kappa shape index (κ2) is 5.69. The van der Waals surface area contributed by atoms with Crippen LogP contribution in [0.3, 0.4) is 0 Å². The molecular weight excluding hydrogens is 303 g/mol. The van der Waals surface area contributed by atoms with Crippen molar-refractivity contribution in [1.29, 1.82) is 0 Å².